The first-order chi connectivity index (χ1) is 10.5. The minimum atomic E-state index is -0.725. The average molecular weight is 307 g/mol. The second kappa shape index (κ2) is 6.90. The molecule has 0 radical (unpaired) electrons. The van der Waals surface area contributed by atoms with Gasteiger partial charge in [-0.05, 0) is 37.0 Å². The average Bonchev–Trinajstić information content (AvgIpc) is 2.53. The molecule has 1 amide bonds. The van der Waals surface area contributed by atoms with Crippen molar-refractivity contribution in [3.63, 3.8) is 0 Å². The van der Waals surface area contributed by atoms with Crippen LogP contribution in [0, 0.1) is 11.7 Å². The lowest BCUT2D eigenvalue weighted by atomic mass is 9.85. The summed E-state index contributed by atoms with van der Waals surface area (Å²) in [6.45, 7) is 2.10. The zero-order chi connectivity index (χ0) is 16.3. The number of amides is 1. The van der Waals surface area contributed by atoms with Crippen molar-refractivity contribution in [2.45, 2.75) is 38.6 Å². The molecule has 0 saturated heterocycles. The fourth-order valence-corrected chi connectivity index (χ4v) is 3.16. The number of ketones is 1. The van der Waals surface area contributed by atoms with Crippen LogP contribution >= 0.6 is 0 Å². The summed E-state index contributed by atoms with van der Waals surface area (Å²) in [6, 6.07) is 3.67. The van der Waals surface area contributed by atoms with Gasteiger partial charge in [0.15, 0.2) is 0 Å². The van der Waals surface area contributed by atoms with Gasteiger partial charge in [-0.15, -0.1) is 0 Å². The maximum atomic E-state index is 13.4. The summed E-state index contributed by atoms with van der Waals surface area (Å²) in [5.74, 6) is -1.32. The Labute approximate surface area is 130 Å². The fourth-order valence-electron chi connectivity index (χ4n) is 3.16. The molecule has 2 unspecified atom stereocenters. The number of carbonyl (C=O) groups is 2. The van der Waals surface area contributed by atoms with E-state index in [1.165, 1.54) is 24.1 Å². The van der Waals surface area contributed by atoms with Crippen molar-refractivity contribution in [1.29, 1.82) is 0 Å². The number of Topliss-reactive ketones (excluding diaryl/α,β-unsaturated/α-hetero) is 1. The zero-order valence-corrected chi connectivity index (χ0v) is 13.3. The van der Waals surface area contributed by atoms with Crippen LogP contribution in [0.1, 0.15) is 43.0 Å². The predicted octanol–water partition coefficient (Wildman–Crippen LogP) is 3.05. The summed E-state index contributed by atoms with van der Waals surface area (Å²) >= 11 is 0. The Hall–Kier alpha value is -1.91. The van der Waals surface area contributed by atoms with Gasteiger partial charge in [-0.25, -0.2) is 4.39 Å². The molecule has 1 aromatic carbocycles. The molecule has 0 N–H and O–H groups in total. The Morgan fingerprint density at radius 1 is 1.27 bits per heavy atom. The van der Waals surface area contributed by atoms with Crippen LogP contribution in [0.2, 0.25) is 0 Å². The normalized spacial score (nSPS) is 21.3. The van der Waals surface area contributed by atoms with Crippen molar-refractivity contribution in [2.75, 3.05) is 14.2 Å². The minimum absolute atomic E-state index is 0.0252. The molecule has 0 spiro atoms. The molecule has 22 heavy (non-hydrogen) atoms. The van der Waals surface area contributed by atoms with E-state index in [-0.39, 0.29) is 17.4 Å². The molecule has 0 aliphatic heterocycles. The van der Waals surface area contributed by atoms with Crippen molar-refractivity contribution in [3.05, 3.63) is 29.6 Å². The van der Waals surface area contributed by atoms with E-state index in [4.69, 9.17) is 4.74 Å². The monoisotopic (exact) mass is 307 g/mol. The van der Waals surface area contributed by atoms with Gasteiger partial charge >= 0.3 is 0 Å². The van der Waals surface area contributed by atoms with Crippen molar-refractivity contribution in [2.24, 2.45) is 5.92 Å². The van der Waals surface area contributed by atoms with Crippen LogP contribution < -0.4 is 4.74 Å². The predicted molar refractivity (Wildman–Crippen MR) is 81.5 cm³/mol. The lowest BCUT2D eigenvalue weighted by Gasteiger charge is -2.35. The van der Waals surface area contributed by atoms with Crippen LogP contribution in [0.25, 0.3) is 0 Å². The number of methoxy groups -OCH3 is 1. The lowest BCUT2D eigenvalue weighted by molar-refractivity contribution is -0.128. The Kier molecular flexibility index (Phi) is 5.16. The standard InChI is InChI=1S/C17H22FNO3/c1-11-6-4-5-7-14(11)19(2)17(21)16(20)13-10-12(18)8-9-15(13)22-3/h8-11,14H,4-7H2,1-3H3. The number of rotatable bonds is 4. The Balaban J connectivity index is 2.21. The van der Waals surface area contributed by atoms with E-state index in [9.17, 15) is 14.0 Å². The van der Waals surface area contributed by atoms with E-state index >= 15 is 0 Å². The van der Waals surface area contributed by atoms with Gasteiger partial charge in [0.25, 0.3) is 11.7 Å². The molecule has 0 bridgehead atoms. The molecular formula is C17H22FNO3. The molecule has 2 rings (SSSR count). The first-order valence-electron chi connectivity index (χ1n) is 7.60. The van der Waals surface area contributed by atoms with Crippen molar-refractivity contribution >= 4 is 11.7 Å². The molecular weight excluding hydrogens is 285 g/mol. The Bertz CT molecular complexity index is 573. The quantitative estimate of drug-likeness (QED) is 0.634. The van der Waals surface area contributed by atoms with Crippen molar-refractivity contribution < 1.29 is 18.7 Å². The molecule has 2 atom stereocenters. The van der Waals surface area contributed by atoms with Crippen LogP contribution in [0.15, 0.2) is 18.2 Å². The van der Waals surface area contributed by atoms with Gasteiger partial charge in [0.1, 0.15) is 11.6 Å². The molecule has 120 valence electrons. The maximum Gasteiger partial charge on any atom is 0.295 e. The van der Waals surface area contributed by atoms with Gasteiger partial charge in [0.2, 0.25) is 0 Å². The summed E-state index contributed by atoms with van der Waals surface area (Å²) in [4.78, 5) is 26.4. The van der Waals surface area contributed by atoms with Gasteiger partial charge in [-0.3, -0.25) is 9.59 Å². The van der Waals surface area contributed by atoms with E-state index < -0.39 is 17.5 Å². The van der Waals surface area contributed by atoms with E-state index in [2.05, 4.69) is 6.92 Å². The Morgan fingerprint density at radius 3 is 2.59 bits per heavy atom. The number of likely N-dealkylation sites (N-methyl/N-ethyl adjacent to an activating group) is 1. The SMILES string of the molecule is COc1ccc(F)cc1C(=O)C(=O)N(C)C1CCCCC1C. The van der Waals surface area contributed by atoms with E-state index in [1.807, 2.05) is 0 Å². The summed E-state index contributed by atoms with van der Waals surface area (Å²) in [6.07, 6.45) is 4.17. The molecule has 0 aromatic heterocycles. The van der Waals surface area contributed by atoms with Crippen molar-refractivity contribution in [3.8, 4) is 5.75 Å². The molecule has 1 aliphatic rings. The van der Waals surface area contributed by atoms with Crippen LogP contribution in [0.3, 0.4) is 0 Å². The number of carbonyl (C=O) groups excluding carboxylic acids is 2. The van der Waals surface area contributed by atoms with Crippen LogP contribution in [-0.4, -0.2) is 36.8 Å². The number of hydrogen-bond donors (Lipinski definition) is 0. The van der Waals surface area contributed by atoms with Crippen LogP contribution in [-0.2, 0) is 4.79 Å². The van der Waals surface area contributed by atoms with E-state index in [0.29, 0.717) is 5.92 Å². The number of halogens is 1. The van der Waals surface area contributed by atoms with Gasteiger partial charge in [0.05, 0.1) is 12.7 Å². The molecule has 1 aliphatic carbocycles. The first kappa shape index (κ1) is 16.5. The highest BCUT2D eigenvalue weighted by atomic mass is 19.1. The van der Waals surface area contributed by atoms with E-state index in [0.717, 1.165) is 31.7 Å². The largest absolute Gasteiger partial charge is 0.496 e. The smallest absolute Gasteiger partial charge is 0.295 e. The molecule has 0 heterocycles. The highest BCUT2D eigenvalue weighted by Crippen LogP contribution is 2.28. The zero-order valence-electron chi connectivity index (χ0n) is 13.3. The first-order valence-corrected chi connectivity index (χ1v) is 7.60. The second-order valence-corrected chi connectivity index (χ2v) is 5.92. The van der Waals surface area contributed by atoms with Gasteiger partial charge < -0.3 is 9.64 Å². The third-order valence-corrected chi connectivity index (χ3v) is 4.48. The van der Waals surface area contributed by atoms with Gasteiger partial charge in [-0.2, -0.15) is 0 Å². The number of hydrogen-bond acceptors (Lipinski definition) is 3. The summed E-state index contributed by atoms with van der Waals surface area (Å²) in [5, 5.41) is 0. The highest BCUT2D eigenvalue weighted by Gasteiger charge is 2.32. The third-order valence-electron chi connectivity index (χ3n) is 4.48. The van der Waals surface area contributed by atoms with Crippen molar-refractivity contribution in [1.82, 2.24) is 4.90 Å². The van der Waals surface area contributed by atoms with Crippen LogP contribution in [0.5, 0.6) is 5.75 Å². The summed E-state index contributed by atoms with van der Waals surface area (Å²) < 4.78 is 18.5. The molecule has 1 saturated carbocycles. The summed E-state index contributed by atoms with van der Waals surface area (Å²) in [7, 11) is 3.04. The lowest BCUT2D eigenvalue weighted by Crippen LogP contribution is -2.45. The molecule has 1 aromatic rings. The minimum Gasteiger partial charge on any atom is -0.496 e. The molecule has 5 heteroatoms. The fraction of sp³-hybridized carbons (Fsp3) is 0.529. The third kappa shape index (κ3) is 3.29. The molecule has 1 fully saturated rings. The Morgan fingerprint density at radius 2 is 1.95 bits per heavy atom. The number of nitrogens with zero attached hydrogens (tertiary/aromatic N) is 1. The number of ether oxygens (including phenoxy) is 1. The molecule has 4 nitrogen and oxygen atoms in total. The van der Waals surface area contributed by atoms with Gasteiger partial charge in [-0.1, -0.05) is 19.8 Å². The topological polar surface area (TPSA) is 46.6 Å². The maximum absolute atomic E-state index is 13.4. The highest BCUT2D eigenvalue weighted by molar-refractivity contribution is 6.43. The summed E-state index contributed by atoms with van der Waals surface area (Å²) in [5.41, 5.74) is -0.0252. The number of benzene rings is 1. The van der Waals surface area contributed by atoms with E-state index in [1.54, 1.807) is 7.05 Å². The second-order valence-electron chi connectivity index (χ2n) is 5.92. The van der Waals surface area contributed by atoms with Crippen LogP contribution in [0.4, 0.5) is 4.39 Å². The van der Waals surface area contributed by atoms with Gasteiger partial charge in [0, 0.05) is 13.1 Å².